The molecule has 0 unspecified atom stereocenters. The van der Waals surface area contributed by atoms with Crippen molar-refractivity contribution in [1.29, 1.82) is 0 Å². The Morgan fingerprint density at radius 3 is 2.85 bits per heavy atom. The van der Waals surface area contributed by atoms with Crippen LogP contribution in [0.4, 0.5) is 5.82 Å². The third-order valence-electron chi connectivity index (χ3n) is 3.57. The van der Waals surface area contributed by atoms with E-state index in [4.69, 9.17) is 11.5 Å². The summed E-state index contributed by atoms with van der Waals surface area (Å²) < 4.78 is 0. The molecule has 2 aromatic rings. The molecule has 1 aliphatic heterocycles. The van der Waals surface area contributed by atoms with E-state index in [0.717, 1.165) is 29.3 Å². The van der Waals surface area contributed by atoms with Gasteiger partial charge in [0.05, 0.1) is 6.04 Å². The number of halogens is 1. The summed E-state index contributed by atoms with van der Waals surface area (Å²) in [5.41, 5.74) is 12.6. The predicted octanol–water partition coefficient (Wildman–Crippen LogP) is 1.30. The number of amides is 1. The molecule has 1 saturated heterocycles. The zero-order chi connectivity index (χ0) is 13.4. The Bertz CT molecular complexity index is 646. The molecule has 1 amide bonds. The van der Waals surface area contributed by atoms with Gasteiger partial charge in [-0.05, 0) is 29.5 Å². The van der Waals surface area contributed by atoms with Crippen molar-refractivity contribution in [2.45, 2.75) is 19.0 Å². The molecule has 1 fully saturated rings. The maximum Gasteiger partial charge on any atom is 0.239 e. The minimum Gasteiger partial charge on any atom is -0.383 e. The number of aromatic nitrogens is 1. The molecule has 1 aromatic carbocycles. The van der Waals surface area contributed by atoms with Crippen LogP contribution in [0, 0.1) is 0 Å². The quantitative estimate of drug-likeness (QED) is 0.873. The van der Waals surface area contributed by atoms with Gasteiger partial charge in [0.15, 0.2) is 0 Å². The fraction of sp³-hybridized carbons (Fsp3) is 0.286. The summed E-state index contributed by atoms with van der Waals surface area (Å²) in [5, 5.41) is 1.98. The zero-order valence-electron chi connectivity index (χ0n) is 11.0. The van der Waals surface area contributed by atoms with Crippen LogP contribution < -0.4 is 11.5 Å². The zero-order valence-corrected chi connectivity index (χ0v) is 11.8. The summed E-state index contributed by atoms with van der Waals surface area (Å²) in [5.74, 6) is 0.544. The number of fused-ring (bicyclic) bond motifs is 1. The van der Waals surface area contributed by atoms with Gasteiger partial charge in [-0.1, -0.05) is 12.1 Å². The van der Waals surface area contributed by atoms with Crippen LogP contribution in [-0.2, 0) is 11.3 Å². The number of nitrogen functional groups attached to an aromatic ring is 1. The molecule has 5 nitrogen and oxygen atoms in total. The van der Waals surface area contributed by atoms with Crippen LogP contribution in [0.15, 0.2) is 30.5 Å². The van der Waals surface area contributed by atoms with E-state index in [1.165, 1.54) is 0 Å². The summed E-state index contributed by atoms with van der Waals surface area (Å²) in [6, 6.07) is 7.59. The van der Waals surface area contributed by atoms with Crippen molar-refractivity contribution in [2.75, 3.05) is 12.3 Å². The molecule has 106 valence electrons. The molecule has 0 bridgehead atoms. The van der Waals surface area contributed by atoms with E-state index >= 15 is 0 Å². The van der Waals surface area contributed by atoms with Gasteiger partial charge in [-0.25, -0.2) is 4.98 Å². The van der Waals surface area contributed by atoms with E-state index in [2.05, 4.69) is 4.98 Å². The lowest BCUT2D eigenvalue weighted by Crippen LogP contribution is -2.33. The second-order valence-electron chi connectivity index (χ2n) is 4.91. The number of pyridine rings is 1. The van der Waals surface area contributed by atoms with E-state index in [9.17, 15) is 4.79 Å². The largest absolute Gasteiger partial charge is 0.383 e. The maximum atomic E-state index is 11.8. The Morgan fingerprint density at radius 2 is 2.15 bits per heavy atom. The molecule has 0 radical (unpaired) electrons. The third-order valence-corrected chi connectivity index (χ3v) is 3.57. The smallest absolute Gasteiger partial charge is 0.239 e. The van der Waals surface area contributed by atoms with Gasteiger partial charge >= 0.3 is 0 Å². The van der Waals surface area contributed by atoms with Gasteiger partial charge in [0, 0.05) is 24.7 Å². The Morgan fingerprint density at radius 1 is 1.35 bits per heavy atom. The van der Waals surface area contributed by atoms with Crippen molar-refractivity contribution in [2.24, 2.45) is 5.73 Å². The summed E-state index contributed by atoms with van der Waals surface area (Å²) in [6.45, 7) is 1.30. The molecule has 0 aliphatic carbocycles. The number of nitrogens with zero attached hydrogens (tertiary/aromatic N) is 2. The first-order valence-electron chi connectivity index (χ1n) is 6.32. The number of benzene rings is 1. The summed E-state index contributed by atoms with van der Waals surface area (Å²) in [7, 11) is 0. The Kier molecular flexibility index (Phi) is 4.11. The summed E-state index contributed by atoms with van der Waals surface area (Å²) in [4.78, 5) is 17.7. The molecule has 3 rings (SSSR count). The Balaban J connectivity index is 0.00000147. The third kappa shape index (κ3) is 2.55. The van der Waals surface area contributed by atoms with Crippen LogP contribution in [0.3, 0.4) is 0 Å². The van der Waals surface area contributed by atoms with Gasteiger partial charge in [-0.3, -0.25) is 4.79 Å². The standard InChI is InChI=1S/C14H16N4O.ClH/c15-12-4-6-18(14(12)19)8-9-1-2-10-3-5-17-13(16)11(10)7-9;/h1-3,5,7,12H,4,6,8,15H2,(H2,16,17);1H/t12-;/m0./s1. The highest BCUT2D eigenvalue weighted by Gasteiger charge is 2.28. The second-order valence-corrected chi connectivity index (χ2v) is 4.91. The molecule has 4 N–H and O–H groups in total. The van der Waals surface area contributed by atoms with E-state index in [-0.39, 0.29) is 24.4 Å². The average Bonchev–Trinajstić information content (AvgIpc) is 2.72. The number of hydrogen-bond donors (Lipinski definition) is 2. The Hall–Kier alpha value is -1.85. The number of anilines is 1. The number of carbonyl (C=O) groups excluding carboxylic acids is 1. The van der Waals surface area contributed by atoms with Gasteiger partial charge in [0.1, 0.15) is 5.82 Å². The SMILES string of the molecule is Cl.Nc1nccc2ccc(CN3CC[C@H](N)C3=O)cc12. The van der Waals surface area contributed by atoms with E-state index in [1.54, 1.807) is 11.1 Å². The van der Waals surface area contributed by atoms with Crippen LogP contribution in [0.1, 0.15) is 12.0 Å². The maximum absolute atomic E-state index is 11.8. The topological polar surface area (TPSA) is 85.2 Å². The monoisotopic (exact) mass is 292 g/mol. The number of nitrogens with two attached hydrogens (primary N) is 2. The molecular formula is C14H17ClN4O. The lowest BCUT2D eigenvalue weighted by Gasteiger charge is -2.16. The molecule has 1 atom stereocenters. The van der Waals surface area contributed by atoms with E-state index < -0.39 is 0 Å². The number of likely N-dealkylation sites (tertiary alicyclic amines) is 1. The predicted molar refractivity (Wildman–Crippen MR) is 81.4 cm³/mol. The average molecular weight is 293 g/mol. The van der Waals surface area contributed by atoms with E-state index in [1.807, 2.05) is 24.3 Å². The molecule has 20 heavy (non-hydrogen) atoms. The molecule has 1 aromatic heterocycles. The molecule has 0 saturated carbocycles. The van der Waals surface area contributed by atoms with E-state index in [0.29, 0.717) is 12.4 Å². The lowest BCUT2D eigenvalue weighted by atomic mass is 10.1. The number of rotatable bonds is 2. The highest BCUT2D eigenvalue weighted by molar-refractivity contribution is 5.91. The first-order chi connectivity index (χ1) is 9.15. The van der Waals surface area contributed by atoms with Crippen molar-refractivity contribution in [1.82, 2.24) is 9.88 Å². The van der Waals surface area contributed by atoms with Crippen LogP contribution in [0.25, 0.3) is 10.8 Å². The van der Waals surface area contributed by atoms with Gasteiger partial charge in [-0.15, -0.1) is 12.4 Å². The van der Waals surface area contributed by atoms with Gasteiger partial charge in [0.25, 0.3) is 0 Å². The van der Waals surface area contributed by atoms with Crippen LogP contribution in [0.2, 0.25) is 0 Å². The fourth-order valence-electron chi connectivity index (χ4n) is 2.48. The number of carbonyl (C=O) groups is 1. The number of hydrogen-bond acceptors (Lipinski definition) is 4. The van der Waals surface area contributed by atoms with Crippen LogP contribution in [0.5, 0.6) is 0 Å². The molecular weight excluding hydrogens is 276 g/mol. The minimum atomic E-state index is -0.341. The minimum absolute atomic E-state index is 0. The fourth-order valence-corrected chi connectivity index (χ4v) is 2.48. The highest BCUT2D eigenvalue weighted by atomic mass is 35.5. The van der Waals surface area contributed by atoms with Crippen molar-refractivity contribution in [3.05, 3.63) is 36.0 Å². The van der Waals surface area contributed by atoms with Crippen molar-refractivity contribution in [3.63, 3.8) is 0 Å². The van der Waals surface area contributed by atoms with Gasteiger partial charge in [0.2, 0.25) is 5.91 Å². The van der Waals surface area contributed by atoms with Crippen molar-refractivity contribution in [3.8, 4) is 0 Å². The first kappa shape index (κ1) is 14.6. The molecule has 6 heteroatoms. The lowest BCUT2D eigenvalue weighted by molar-refractivity contribution is -0.129. The summed E-state index contributed by atoms with van der Waals surface area (Å²) in [6.07, 6.45) is 2.43. The Labute approximate surface area is 123 Å². The molecule has 0 spiro atoms. The normalized spacial score (nSPS) is 18.4. The second kappa shape index (κ2) is 5.64. The van der Waals surface area contributed by atoms with Crippen molar-refractivity contribution >= 4 is 34.9 Å². The van der Waals surface area contributed by atoms with Crippen LogP contribution >= 0.6 is 12.4 Å². The molecule has 2 heterocycles. The molecule has 1 aliphatic rings. The van der Waals surface area contributed by atoms with Gasteiger partial charge in [-0.2, -0.15) is 0 Å². The van der Waals surface area contributed by atoms with Gasteiger partial charge < -0.3 is 16.4 Å². The van der Waals surface area contributed by atoms with Crippen LogP contribution in [-0.4, -0.2) is 28.4 Å². The first-order valence-corrected chi connectivity index (χ1v) is 6.32. The highest BCUT2D eigenvalue weighted by Crippen LogP contribution is 2.22. The summed E-state index contributed by atoms with van der Waals surface area (Å²) >= 11 is 0. The van der Waals surface area contributed by atoms with Crippen molar-refractivity contribution < 1.29 is 4.79 Å².